The van der Waals surface area contributed by atoms with Crippen LogP contribution < -0.4 is 15.5 Å². The summed E-state index contributed by atoms with van der Waals surface area (Å²) in [4.78, 5) is 11.0. The summed E-state index contributed by atoms with van der Waals surface area (Å²) in [5.74, 6) is 1.55. The molecule has 1 aromatic carbocycles. The number of aromatic nitrogens is 2. The zero-order valence-electron chi connectivity index (χ0n) is 12.7. The van der Waals surface area contributed by atoms with Gasteiger partial charge >= 0.3 is 0 Å². The average Bonchev–Trinajstić information content (AvgIpc) is 3.27. The zero-order chi connectivity index (χ0) is 14.8. The van der Waals surface area contributed by atoms with Crippen LogP contribution in [0.2, 0.25) is 0 Å². The second kappa shape index (κ2) is 5.60. The molecule has 0 unspecified atom stereocenters. The predicted octanol–water partition coefficient (Wildman–Crippen LogP) is 3.17. The molecule has 2 aromatic rings. The largest absolute Gasteiger partial charge is 0.378 e. The summed E-state index contributed by atoms with van der Waals surface area (Å²) in [6.45, 7) is 2.03. The lowest BCUT2D eigenvalue weighted by Gasteiger charge is -2.14. The van der Waals surface area contributed by atoms with Crippen LogP contribution in [0.3, 0.4) is 0 Å². The van der Waals surface area contributed by atoms with E-state index in [9.17, 15) is 0 Å². The number of anilines is 4. The third kappa shape index (κ3) is 3.42. The molecule has 1 heterocycles. The zero-order valence-corrected chi connectivity index (χ0v) is 12.7. The highest BCUT2D eigenvalue weighted by Gasteiger charge is 2.22. The van der Waals surface area contributed by atoms with Crippen molar-refractivity contribution in [3.63, 3.8) is 0 Å². The van der Waals surface area contributed by atoms with Gasteiger partial charge in [-0.15, -0.1) is 0 Å². The van der Waals surface area contributed by atoms with Crippen LogP contribution in [0.4, 0.5) is 23.1 Å². The molecule has 5 heteroatoms. The summed E-state index contributed by atoms with van der Waals surface area (Å²) in [6.07, 6.45) is 4.32. The van der Waals surface area contributed by atoms with Gasteiger partial charge in [0.1, 0.15) is 5.82 Å². The van der Waals surface area contributed by atoms with Crippen LogP contribution in [0, 0.1) is 6.92 Å². The molecule has 0 saturated heterocycles. The molecule has 2 N–H and O–H groups in total. The van der Waals surface area contributed by atoms with Gasteiger partial charge < -0.3 is 15.5 Å². The van der Waals surface area contributed by atoms with E-state index in [0.29, 0.717) is 12.0 Å². The second-order valence-corrected chi connectivity index (χ2v) is 5.71. The van der Waals surface area contributed by atoms with Gasteiger partial charge in [-0.25, -0.2) is 4.98 Å². The van der Waals surface area contributed by atoms with Crippen LogP contribution in [0.25, 0.3) is 0 Å². The van der Waals surface area contributed by atoms with Crippen molar-refractivity contribution in [1.29, 1.82) is 0 Å². The van der Waals surface area contributed by atoms with Gasteiger partial charge in [0.15, 0.2) is 0 Å². The number of benzene rings is 1. The first-order valence-corrected chi connectivity index (χ1v) is 7.26. The van der Waals surface area contributed by atoms with Crippen LogP contribution >= 0.6 is 0 Å². The Morgan fingerprint density at radius 2 is 2.05 bits per heavy atom. The number of nitrogens with one attached hydrogen (secondary N) is 2. The standard InChI is InChI=1S/C16H21N5/c1-11-10-17-16(20-15(11)18-12-7-8-12)19-13-5-4-6-14(9-13)21(2)3/h4-6,9-10,12H,7-8H2,1-3H3,(H2,17,18,19,20). The smallest absolute Gasteiger partial charge is 0.229 e. The molecule has 0 radical (unpaired) electrons. The Balaban J connectivity index is 1.79. The van der Waals surface area contributed by atoms with Gasteiger partial charge in [0.05, 0.1) is 0 Å². The van der Waals surface area contributed by atoms with Crippen molar-refractivity contribution in [2.45, 2.75) is 25.8 Å². The number of rotatable bonds is 5. The van der Waals surface area contributed by atoms with Gasteiger partial charge in [0.2, 0.25) is 5.95 Å². The van der Waals surface area contributed by atoms with E-state index >= 15 is 0 Å². The van der Waals surface area contributed by atoms with Gasteiger partial charge in [-0.2, -0.15) is 4.98 Å². The first-order chi connectivity index (χ1) is 10.1. The Kier molecular flexibility index (Phi) is 3.64. The molecule has 5 nitrogen and oxygen atoms in total. The van der Waals surface area contributed by atoms with Crippen LogP contribution in [0.1, 0.15) is 18.4 Å². The molecule has 0 atom stereocenters. The minimum atomic E-state index is 0.587. The van der Waals surface area contributed by atoms with Crippen molar-refractivity contribution < 1.29 is 0 Å². The average molecular weight is 283 g/mol. The Labute approximate surface area is 125 Å². The summed E-state index contributed by atoms with van der Waals surface area (Å²) in [5.41, 5.74) is 3.21. The first-order valence-electron chi connectivity index (χ1n) is 7.26. The van der Waals surface area contributed by atoms with E-state index in [-0.39, 0.29) is 0 Å². The minimum Gasteiger partial charge on any atom is -0.378 e. The predicted molar refractivity (Wildman–Crippen MR) is 87.5 cm³/mol. The molecule has 1 fully saturated rings. The molecule has 3 rings (SSSR count). The Morgan fingerprint density at radius 3 is 2.76 bits per heavy atom. The van der Waals surface area contributed by atoms with E-state index in [0.717, 1.165) is 22.8 Å². The minimum absolute atomic E-state index is 0.587. The van der Waals surface area contributed by atoms with Crippen LogP contribution in [0.5, 0.6) is 0 Å². The van der Waals surface area contributed by atoms with Gasteiger partial charge in [0, 0.05) is 43.3 Å². The van der Waals surface area contributed by atoms with E-state index < -0.39 is 0 Å². The molecule has 21 heavy (non-hydrogen) atoms. The lowest BCUT2D eigenvalue weighted by atomic mass is 10.2. The summed E-state index contributed by atoms with van der Waals surface area (Å²) in [5, 5.41) is 6.71. The van der Waals surface area contributed by atoms with Crippen molar-refractivity contribution in [3.8, 4) is 0 Å². The van der Waals surface area contributed by atoms with Crippen LogP contribution in [-0.2, 0) is 0 Å². The van der Waals surface area contributed by atoms with Crippen molar-refractivity contribution in [3.05, 3.63) is 36.0 Å². The quantitative estimate of drug-likeness (QED) is 0.882. The molecule has 1 aliphatic rings. The van der Waals surface area contributed by atoms with Crippen LogP contribution in [-0.4, -0.2) is 30.1 Å². The molecular weight excluding hydrogens is 262 g/mol. The first kappa shape index (κ1) is 13.7. The van der Waals surface area contributed by atoms with Crippen molar-refractivity contribution >= 4 is 23.1 Å². The van der Waals surface area contributed by atoms with E-state index in [1.165, 1.54) is 12.8 Å². The van der Waals surface area contributed by atoms with E-state index in [2.05, 4.69) is 37.6 Å². The lowest BCUT2D eigenvalue weighted by Crippen LogP contribution is -2.09. The third-order valence-electron chi connectivity index (χ3n) is 3.51. The summed E-state index contributed by atoms with van der Waals surface area (Å²) < 4.78 is 0. The fraction of sp³-hybridized carbons (Fsp3) is 0.375. The Hall–Kier alpha value is -2.30. The van der Waals surface area contributed by atoms with Gasteiger partial charge in [-0.3, -0.25) is 0 Å². The molecule has 0 amide bonds. The summed E-state index contributed by atoms with van der Waals surface area (Å²) in [7, 11) is 4.05. The van der Waals surface area contributed by atoms with Crippen molar-refractivity contribution in [2.75, 3.05) is 29.6 Å². The third-order valence-corrected chi connectivity index (χ3v) is 3.51. The highest BCUT2D eigenvalue weighted by atomic mass is 15.2. The van der Waals surface area contributed by atoms with Gasteiger partial charge in [-0.1, -0.05) is 6.07 Å². The van der Waals surface area contributed by atoms with E-state index in [1.807, 2.05) is 39.3 Å². The topological polar surface area (TPSA) is 53.1 Å². The van der Waals surface area contributed by atoms with Crippen molar-refractivity contribution in [1.82, 2.24) is 9.97 Å². The maximum atomic E-state index is 4.58. The van der Waals surface area contributed by atoms with Crippen molar-refractivity contribution in [2.24, 2.45) is 0 Å². The van der Waals surface area contributed by atoms with E-state index in [1.54, 1.807) is 0 Å². The van der Waals surface area contributed by atoms with E-state index in [4.69, 9.17) is 0 Å². The maximum Gasteiger partial charge on any atom is 0.229 e. The number of hydrogen-bond donors (Lipinski definition) is 2. The molecule has 110 valence electrons. The monoisotopic (exact) mass is 283 g/mol. The van der Waals surface area contributed by atoms with Crippen LogP contribution in [0.15, 0.2) is 30.5 Å². The Bertz CT molecular complexity index is 634. The highest BCUT2D eigenvalue weighted by molar-refractivity contribution is 5.62. The highest BCUT2D eigenvalue weighted by Crippen LogP contribution is 2.26. The molecule has 0 aliphatic heterocycles. The molecule has 0 bridgehead atoms. The van der Waals surface area contributed by atoms with Gasteiger partial charge in [-0.05, 0) is 38.0 Å². The number of hydrogen-bond acceptors (Lipinski definition) is 5. The molecule has 1 saturated carbocycles. The molecular formula is C16H21N5. The summed E-state index contributed by atoms with van der Waals surface area (Å²) >= 11 is 0. The molecule has 1 aliphatic carbocycles. The van der Waals surface area contributed by atoms with Gasteiger partial charge in [0.25, 0.3) is 0 Å². The second-order valence-electron chi connectivity index (χ2n) is 5.71. The number of nitrogens with zero attached hydrogens (tertiary/aromatic N) is 3. The number of aryl methyl sites for hydroxylation is 1. The Morgan fingerprint density at radius 1 is 1.24 bits per heavy atom. The lowest BCUT2D eigenvalue weighted by molar-refractivity contribution is 1.06. The molecule has 1 aromatic heterocycles. The fourth-order valence-electron chi connectivity index (χ4n) is 2.06. The maximum absolute atomic E-state index is 4.58. The summed E-state index contributed by atoms with van der Waals surface area (Å²) in [6, 6.07) is 8.78. The fourth-order valence-corrected chi connectivity index (χ4v) is 2.06. The SMILES string of the molecule is Cc1cnc(Nc2cccc(N(C)C)c2)nc1NC1CC1. The molecule has 0 spiro atoms. The normalized spacial score (nSPS) is 13.9.